The molecule has 1 aliphatic rings. The van der Waals surface area contributed by atoms with E-state index in [1.54, 1.807) is 36.4 Å². The van der Waals surface area contributed by atoms with Crippen molar-refractivity contribution >= 4 is 63.6 Å². The number of nitrogens with zero attached hydrogens (tertiary/aromatic N) is 2. The lowest BCUT2D eigenvalue weighted by molar-refractivity contribution is -0.137. The maximum atomic E-state index is 12.8. The second-order valence-electron chi connectivity index (χ2n) is 10.2. The fraction of sp³-hybridized carbons (Fsp3) is 0.267. The van der Waals surface area contributed by atoms with Gasteiger partial charge in [0.1, 0.15) is 0 Å². The molecule has 1 heterocycles. The van der Waals surface area contributed by atoms with Gasteiger partial charge in [-0.1, -0.05) is 55.4 Å². The fourth-order valence-electron chi connectivity index (χ4n) is 4.38. The number of thioether (sulfide) groups is 1. The van der Waals surface area contributed by atoms with E-state index >= 15 is 0 Å². The first-order valence-electron chi connectivity index (χ1n) is 13.3. The molecule has 1 atom stereocenters. The van der Waals surface area contributed by atoms with Crippen molar-refractivity contribution in [2.24, 2.45) is 4.99 Å². The minimum Gasteiger partial charge on any atom is -0.333 e. The third kappa shape index (κ3) is 8.51. The largest absolute Gasteiger partial charge is 0.416 e. The van der Waals surface area contributed by atoms with Gasteiger partial charge in [-0.05, 0) is 78.9 Å². The second kappa shape index (κ2) is 13.5. The van der Waals surface area contributed by atoms with Gasteiger partial charge in [-0.2, -0.15) is 18.2 Å². The molecule has 0 saturated carbocycles. The number of urea groups is 2. The van der Waals surface area contributed by atoms with E-state index in [4.69, 9.17) is 11.6 Å². The standard InChI is InChI=1S/C30H29ClF3N5O3S/c1-17(2)24-13-8-21(31)15-25(24)39-26(40)16-43-29(39)38-27(41)35-18(3)14-19-4-9-22(10-5-19)36-28(42)37-23-11-6-20(7-12-23)30(32,33)34/h4-13,15,17-18H,14,16H2,1-3H3,(H,35,41)(H2,36,37,42). The Morgan fingerprint density at radius 1 is 0.977 bits per heavy atom. The number of amides is 5. The van der Waals surface area contributed by atoms with Crippen LogP contribution in [0.25, 0.3) is 0 Å². The number of anilines is 3. The minimum absolute atomic E-state index is 0.121. The average molecular weight is 632 g/mol. The molecule has 4 rings (SSSR count). The van der Waals surface area contributed by atoms with Crippen molar-refractivity contribution in [1.29, 1.82) is 0 Å². The topological polar surface area (TPSA) is 103 Å². The third-order valence-corrected chi connectivity index (χ3v) is 7.57. The van der Waals surface area contributed by atoms with Crippen LogP contribution in [0.5, 0.6) is 0 Å². The van der Waals surface area contributed by atoms with Crippen LogP contribution in [-0.2, 0) is 17.4 Å². The number of benzene rings is 3. The summed E-state index contributed by atoms with van der Waals surface area (Å²) in [5.74, 6) is 0.0975. The minimum atomic E-state index is -4.46. The summed E-state index contributed by atoms with van der Waals surface area (Å²) in [6, 6.07) is 14.9. The van der Waals surface area contributed by atoms with E-state index < -0.39 is 23.8 Å². The molecule has 0 aliphatic carbocycles. The molecule has 1 saturated heterocycles. The van der Waals surface area contributed by atoms with Crippen LogP contribution in [0.4, 0.5) is 39.8 Å². The Morgan fingerprint density at radius 3 is 2.16 bits per heavy atom. The van der Waals surface area contributed by atoms with E-state index in [-0.39, 0.29) is 34.5 Å². The van der Waals surface area contributed by atoms with Gasteiger partial charge in [-0.25, -0.2) is 9.59 Å². The van der Waals surface area contributed by atoms with Crippen molar-refractivity contribution in [1.82, 2.24) is 5.32 Å². The van der Waals surface area contributed by atoms with Crippen LogP contribution in [0.2, 0.25) is 5.02 Å². The van der Waals surface area contributed by atoms with Crippen molar-refractivity contribution < 1.29 is 27.6 Å². The summed E-state index contributed by atoms with van der Waals surface area (Å²) in [7, 11) is 0. The van der Waals surface area contributed by atoms with Gasteiger partial charge in [0.25, 0.3) is 0 Å². The number of hydrogen-bond donors (Lipinski definition) is 3. The fourth-order valence-corrected chi connectivity index (χ4v) is 5.40. The maximum Gasteiger partial charge on any atom is 0.416 e. The predicted molar refractivity (Wildman–Crippen MR) is 165 cm³/mol. The number of nitrogens with one attached hydrogen (secondary N) is 3. The van der Waals surface area contributed by atoms with Crippen LogP contribution in [0.15, 0.2) is 71.7 Å². The van der Waals surface area contributed by atoms with Crippen LogP contribution >= 0.6 is 23.4 Å². The highest BCUT2D eigenvalue weighted by Crippen LogP contribution is 2.35. The molecule has 0 aromatic heterocycles. The zero-order chi connectivity index (χ0) is 31.3. The number of carbonyl (C=O) groups excluding carboxylic acids is 3. The Balaban J connectivity index is 1.32. The number of aliphatic imine (C=N–C) groups is 1. The van der Waals surface area contributed by atoms with E-state index in [0.717, 1.165) is 23.3 Å². The highest BCUT2D eigenvalue weighted by atomic mass is 35.5. The van der Waals surface area contributed by atoms with Gasteiger partial charge in [-0.15, -0.1) is 0 Å². The molecule has 1 unspecified atom stereocenters. The lowest BCUT2D eigenvalue weighted by atomic mass is 10.0. The molecule has 1 aliphatic heterocycles. The van der Waals surface area contributed by atoms with Crippen molar-refractivity contribution in [2.45, 2.75) is 45.3 Å². The van der Waals surface area contributed by atoms with E-state index in [9.17, 15) is 27.6 Å². The number of hydrogen-bond acceptors (Lipinski definition) is 4. The number of alkyl halides is 3. The van der Waals surface area contributed by atoms with Crippen LogP contribution in [-0.4, -0.2) is 34.9 Å². The van der Waals surface area contributed by atoms with Gasteiger partial charge in [0, 0.05) is 22.4 Å². The molecule has 3 aromatic rings. The Bertz CT molecular complexity index is 1530. The number of carbonyl (C=O) groups is 3. The van der Waals surface area contributed by atoms with Crippen LogP contribution in [0, 0.1) is 0 Å². The predicted octanol–water partition coefficient (Wildman–Crippen LogP) is 7.90. The van der Waals surface area contributed by atoms with Crippen molar-refractivity contribution in [3.05, 3.63) is 88.4 Å². The summed E-state index contributed by atoms with van der Waals surface area (Å²) in [5.41, 5.74) is 2.28. The zero-order valence-corrected chi connectivity index (χ0v) is 25.0. The molecule has 0 bridgehead atoms. The van der Waals surface area contributed by atoms with Crippen molar-refractivity contribution in [2.75, 3.05) is 21.3 Å². The van der Waals surface area contributed by atoms with Crippen molar-refractivity contribution in [3.8, 4) is 0 Å². The van der Waals surface area contributed by atoms with Crippen LogP contribution < -0.4 is 20.9 Å². The van der Waals surface area contributed by atoms with E-state index in [1.807, 2.05) is 26.8 Å². The summed E-state index contributed by atoms with van der Waals surface area (Å²) < 4.78 is 38.1. The number of rotatable bonds is 7. The molecule has 13 heteroatoms. The first-order chi connectivity index (χ1) is 20.3. The summed E-state index contributed by atoms with van der Waals surface area (Å²) in [6.45, 7) is 5.83. The first kappa shape index (κ1) is 31.9. The molecular formula is C30H29ClF3N5O3S. The molecular weight excluding hydrogens is 603 g/mol. The zero-order valence-electron chi connectivity index (χ0n) is 23.5. The van der Waals surface area contributed by atoms with E-state index in [0.29, 0.717) is 22.8 Å². The molecule has 8 nitrogen and oxygen atoms in total. The maximum absolute atomic E-state index is 12.8. The third-order valence-electron chi connectivity index (χ3n) is 6.41. The molecule has 3 aromatic carbocycles. The summed E-state index contributed by atoms with van der Waals surface area (Å²) in [5, 5.41) is 8.69. The van der Waals surface area contributed by atoms with Crippen molar-refractivity contribution in [3.63, 3.8) is 0 Å². The van der Waals surface area contributed by atoms with E-state index in [2.05, 4.69) is 20.9 Å². The Morgan fingerprint density at radius 2 is 1.58 bits per heavy atom. The molecule has 0 radical (unpaired) electrons. The SMILES string of the molecule is CC(Cc1ccc(NC(=O)Nc2ccc(C(F)(F)F)cc2)cc1)NC(=O)N=C1SCC(=O)N1c1cc(Cl)ccc1C(C)C. The van der Waals surface area contributed by atoms with Gasteiger partial charge in [0.05, 0.1) is 17.0 Å². The lowest BCUT2D eigenvalue weighted by Crippen LogP contribution is -2.35. The van der Waals surface area contributed by atoms with Gasteiger partial charge in [-0.3, -0.25) is 9.69 Å². The first-order valence-corrected chi connectivity index (χ1v) is 14.6. The monoisotopic (exact) mass is 631 g/mol. The smallest absolute Gasteiger partial charge is 0.333 e. The van der Waals surface area contributed by atoms with Crippen LogP contribution in [0.3, 0.4) is 0 Å². The molecule has 3 N–H and O–H groups in total. The highest BCUT2D eigenvalue weighted by molar-refractivity contribution is 8.15. The molecule has 1 fully saturated rings. The molecule has 0 spiro atoms. The van der Waals surface area contributed by atoms with Gasteiger partial charge < -0.3 is 16.0 Å². The molecule has 43 heavy (non-hydrogen) atoms. The number of amidine groups is 1. The van der Waals surface area contributed by atoms with Gasteiger partial charge >= 0.3 is 18.2 Å². The second-order valence-corrected chi connectivity index (χ2v) is 11.6. The molecule has 226 valence electrons. The van der Waals surface area contributed by atoms with Crippen LogP contribution in [0.1, 0.15) is 43.4 Å². The summed E-state index contributed by atoms with van der Waals surface area (Å²) in [6.07, 6.45) is -3.99. The number of halogens is 4. The quantitative estimate of drug-likeness (QED) is 0.247. The Hall–Kier alpha value is -4.03. The van der Waals surface area contributed by atoms with E-state index in [1.165, 1.54) is 28.8 Å². The van der Waals surface area contributed by atoms with Gasteiger partial charge in [0.15, 0.2) is 5.17 Å². The summed E-state index contributed by atoms with van der Waals surface area (Å²) in [4.78, 5) is 43.4. The molecule has 5 amide bonds. The summed E-state index contributed by atoms with van der Waals surface area (Å²) >= 11 is 7.40. The van der Waals surface area contributed by atoms with Gasteiger partial charge in [0.2, 0.25) is 5.91 Å². The highest BCUT2D eigenvalue weighted by Gasteiger charge is 2.33. The average Bonchev–Trinajstić information content (AvgIpc) is 3.28. The Kier molecular flexibility index (Phi) is 10.0. The lowest BCUT2D eigenvalue weighted by Gasteiger charge is -2.22. The normalized spacial score (nSPS) is 15.1. The Labute approximate surface area is 256 Å².